The molecule has 0 radical (unpaired) electrons. The molecule has 4 heterocycles. The first-order valence-electron chi connectivity index (χ1n) is 10.7. The maximum absolute atomic E-state index is 12.6. The van der Waals surface area contributed by atoms with Crippen molar-refractivity contribution >= 4 is 23.2 Å². The first-order chi connectivity index (χ1) is 14.7. The van der Waals surface area contributed by atoms with Crippen molar-refractivity contribution in [3.05, 3.63) is 39.9 Å². The van der Waals surface area contributed by atoms with E-state index in [2.05, 4.69) is 38.6 Å². The van der Waals surface area contributed by atoms with Crippen molar-refractivity contribution in [2.45, 2.75) is 32.9 Å². The number of nitrogens with one attached hydrogen (secondary N) is 1. The van der Waals surface area contributed by atoms with E-state index in [4.69, 9.17) is 9.52 Å². The minimum absolute atomic E-state index is 0.198. The van der Waals surface area contributed by atoms with Gasteiger partial charge in [-0.2, -0.15) is 0 Å². The number of carbonyl (C=O) groups is 1. The Labute approximate surface area is 181 Å². The van der Waals surface area contributed by atoms with Gasteiger partial charge in [0, 0.05) is 69.7 Å². The summed E-state index contributed by atoms with van der Waals surface area (Å²) >= 11 is 1.80. The van der Waals surface area contributed by atoms with Crippen molar-refractivity contribution in [1.29, 1.82) is 0 Å². The number of rotatable bonds is 6. The lowest BCUT2D eigenvalue weighted by Gasteiger charge is -2.36. The number of piperazine rings is 1. The average molecular weight is 431 g/mol. The Morgan fingerprint density at radius 2 is 2.10 bits per heavy atom. The molecule has 2 aliphatic heterocycles. The molecule has 1 N–H and O–H groups in total. The molecule has 4 rings (SSSR count). The number of hydrogen-bond donors (Lipinski definition) is 1. The van der Waals surface area contributed by atoms with Gasteiger partial charge >= 0.3 is 0 Å². The number of amides is 1. The highest BCUT2D eigenvalue weighted by molar-refractivity contribution is 7.10. The lowest BCUT2D eigenvalue weighted by atomic mass is 10.1. The first-order valence-corrected chi connectivity index (χ1v) is 11.6. The highest BCUT2D eigenvalue weighted by atomic mass is 32.1. The Morgan fingerprint density at radius 1 is 1.23 bits per heavy atom. The van der Waals surface area contributed by atoms with Crippen molar-refractivity contribution < 1.29 is 9.32 Å². The van der Waals surface area contributed by atoms with Gasteiger partial charge < -0.3 is 19.6 Å². The normalized spacial score (nSPS) is 17.8. The number of guanidine groups is 1. The van der Waals surface area contributed by atoms with Crippen molar-refractivity contribution in [2.24, 2.45) is 4.99 Å². The second-order valence-corrected chi connectivity index (χ2v) is 8.67. The molecule has 162 valence electrons. The van der Waals surface area contributed by atoms with Crippen molar-refractivity contribution in [3.63, 3.8) is 0 Å². The second-order valence-electron chi connectivity index (χ2n) is 7.67. The molecule has 30 heavy (non-hydrogen) atoms. The molecule has 0 unspecified atom stereocenters. The number of aromatic nitrogens is 1. The first kappa shape index (κ1) is 20.9. The van der Waals surface area contributed by atoms with Crippen LogP contribution in [0.4, 0.5) is 0 Å². The molecule has 0 atom stereocenters. The van der Waals surface area contributed by atoms with Gasteiger partial charge in [-0.3, -0.25) is 14.7 Å². The summed E-state index contributed by atoms with van der Waals surface area (Å²) in [5.41, 5.74) is 2.27. The Kier molecular flexibility index (Phi) is 7.01. The summed E-state index contributed by atoms with van der Waals surface area (Å²) in [5, 5.41) is 9.50. The summed E-state index contributed by atoms with van der Waals surface area (Å²) in [7, 11) is 0. The lowest BCUT2D eigenvalue weighted by molar-refractivity contribution is -0.131. The average Bonchev–Trinajstić information content (AvgIpc) is 3.45. The van der Waals surface area contributed by atoms with Crippen LogP contribution < -0.4 is 5.32 Å². The van der Waals surface area contributed by atoms with Gasteiger partial charge in [0.15, 0.2) is 5.96 Å². The highest BCUT2D eigenvalue weighted by Crippen LogP contribution is 2.24. The number of aliphatic imine (C=N–C) groups is 1. The van der Waals surface area contributed by atoms with Crippen LogP contribution in [0.15, 0.2) is 33.3 Å². The van der Waals surface area contributed by atoms with Gasteiger partial charge in [0.2, 0.25) is 5.91 Å². The summed E-state index contributed by atoms with van der Waals surface area (Å²) in [5.74, 6) is 1.11. The number of thiophene rings is 1. The fourth-order valence-electron chi connectivity index (χ4n) is 3.97. The van der Waals surface area contributed by atoms with E-state index in [0.29, 0.717) is 13.0 Å². The van der Waals surface area contributed by atoms with E-state index in [9.17, 15) is 4.79 Å². The summed E-state index contributed by atoms with van der Waals surface area (Å²) in [6.07, 6.45) is 3.05. The van der Waals surface area contributed by atoms with Gasteiger partial charge in [0.05, 0.1) is 12.2 Å². The van der Waals surface area contributed by atoms with Crippen LogP contribution in [0.3, 0.4) is 0 Å². The van der Waals surface area contributed by atoms with Crippen LogP contribution in [0, 0.1) is 0 Å². The molecule has 1 amide bonds. The number of fused-ring (bicyclic) bond motifs is 1. The molecule has 1 fully saturated rings. The third-order valence-corrected chi connectivity index (χ3v) is 6.65. The Hall–Kier alpha value is -2.39. The highest BCUT2D eigenvalue weighted by Gasteiger charge is 2.22. The van der Waals surface area contributed by atoms with Crippen LogP contribution in [-0.2, 0) is 24.3 Å². The topological polar surface area (TPSA) is 77.2 Å². The molecule has 0 aromatic carbocycles. The molecule has 9 heteroatoms. The van der Waals surface area contributed by atoms with Crippen molar-refractivity contribution in [2.75, 3.05) is 45.8 Å². The second kappa shape index (κ2) is 10.1. The fourth-order valence-corrected chi connectivity index (χ4v) is 4.86. The Bertz CT molecular complexity index is 842. The zero-order valence-corrected chi connectivity index (χ0v) is 18.4. The summed E-state index contributed by atoms with van der Waals surface area (Å²) in [6, 6.07) is 4.06. The van der Waals surface area contributed by atoms with Crippen LogP contribution in [-0.4, -0.2) is 77.5 Å². The minimum atomic E-state index is 0.198. The molecule has 0 saturated carbocycles. The van der Waals surface area contributed by atoms with E-state index in [1.54, 1.807) is 17.6 Å². The molecule has 1 saturated heterocycles. The summed E-state index contributed by atoms with van der Waals surface area (Å²) in [6.45, 7) is 9.52. The minimum Gasteiger partial charge on any atom is -0.364 e. The zero-order valence-electron chi connectivity index (χ0n) is 17.5. The molecule has 0 aliphatic carbocycles. The van der Waals surface area contributed by atoms with E-state index in [1.807, 2.05) is 11.0 Å². The number of carbonyl (C=O) groups excluding carboxylic acids is 1. The molecular formula is C21H30N6O2S. The summed E-state index contributed by atoms with van der Waals surface area (Å²) < 4.78 is 4.92. The van der Waals surface area contributed by atoms with Crippen LogP contribution in [0.2, 0.25) is 0 Å². The van der Waals surface area contributed by atoms with Gasteiger partial charge in [-0.25, -0.2) is 0 Å². The third kappa shape index (κ3) is 5.20. The number of hydrogen-bond acceptors (Lipinski definition) is 6. The Morgan fingerprint density at radius 3 is 2.87 bits per heavy atom. The molecule has 0 bridgehead atoms. The molecular weight excluding hydrogens is 400 g/mol. The van der Waals surface area contributed by atoms with E-state index in [1.165, 1.54) is 10.4 Å². The maximum atomic E-state index is 12.6. The predicted octanol–water partition coefficient (Wildman–Crippen LogP) is 1.79. The monoisotopic (exact) mass is 430 g/mol. The zero-order chi connectivity index (χ0) is 20.8. The molecule has 2 aromatic rings. The van der Waals surface area contributed by atoms with Gasteiger partial charge in [0.1, 0.15) is 6.26 Å². The van der Waals surface area contributed by atoms with Gasteiger partial charge in [-0.05, 0) is 30.4 Å². The van der Waals surface area contributed by atoms with Crippen LogP contribution in [0.5, 0.6) is 0 Å². The number of nitrogens with zero attached hydrogens (tertiary/aromatic N) is 5. The van der Waals surface area contributed by atoms with Crippen LogP contribution in [0.1, 0.15) is 29.5 Å². The summed E-state index contributed by atoms with van der Waals surface area (Å²) in [4.78, 5) is 25.4. The SMILES string of the molecule is CCNC(=NCCC(=O)N1CCc2sccc2C1)N1CCN(Cc2ccon2)CC1. The third-order valence-electron chi connectivity index (χ3n) is 5.63. The maximum Gasteiger partial charge on any atom is 0.224 e. The van der Waals surface area contributed by atoms with Crippen LogP contribution >= 0.6 is 11.3 Å². The van der Waals surface area contributed by atoms with E-state index < -0.39 is 0 Å². The standard InChI is InChI=1S/C21H30N6O2S/c1-2-22-21(26-11-9-25(10-12-26)16-18-5-13-29-24-18)23-7-3-20(28)27-8-4-19-17(15-27)6-14-30-19/h5-6,13-14H,2-4,7-12,15-16H2,1H3,(H,22,23). The van der Waals surface area contributed by atoms with Crippen molar-refractivity contribution in [1.82, 2.24) is 25.2 Å². The predicted molar refractivity (Wildman–Crippen MR) is 117 cm³/mol. The largest absolute Gasteiger partial charge is 0.364 e. The van der Waals surface area contributed by atoms with Gasteiger partial charge in [-0.1, -0.05) is 5.16 Å². The van der Waals surface area contributed by atoms with Crippen molar-refractivity contribution in [3.8, 4) is 0 Å². The van der Waals surface area contributed by atoms with E-state index in [0.717, 1.165) is 70.4 Å². The van der Waals surface area contributed by atoms with Crippen LogP contribution in [0.25, 0.3) is 0 Å². The van der Waals surface area contributed by atoms with Gasteiger partial charge in [0.25, 0.3) is 0 Å². The molecule has 2 aromatic heterocycles. The Balaban J connectivity index is 1.25. The molecule has 0 spiro atoms. The van der Waals surface area contributed by atoms with Gasteiger partial charge in [-0.15, -0.1) is 11.3 Å². The fraction of sp³-hybridized carbons (Fsp3) is 0.571. The lowest BCUT2D eigenvalue weighted by Crippen LogP contribution is -2.52. The molecule has 8 nitrogen and oxygen atoms in total. The smallest absolute Gasteiger partial charge is 0.224 e. The van der Waals surface area contributed by atoms with E-state index >= 15 is 0 Å². The molecule has 2 aliphatic rings. The van der Waals surface area contributed by atoms with E-state index in [-0.39, 0.29) is 5.91 Å². The quantitative estimate of drug-likeness (QED) is 0.556.